The monoisotopic (exact) mass is 226 g/mol. The molecule has 0 aromatic carbocycles. The van der Waals surface area contributed by atoms with Crippen LogP contribution in [0.1, 0.15) is 16.8 Å². The zero-order valence-electron chi connectivity index (χ0n) is 7.84. The first-order valence-electron chi connectivity index (χ1n) is 4.20. The molecule has 0 radical (unpaired) electrons. The highest BCUT2D eigenvalue weighted by atomic mass is 32.2. The molecule has 0 aliphatic carbocycles. The van der Waals surface area contributed by atoms with E-state index >= 15 is 0 Å². The summed E-state index contributed by atoms with van der Waals surface area (Å²) >= 11 is 1.21. The van der Waals surface area contributed by atoms with Gasteiger partial charge in [0.25, 0.3) is 5.91 Å². The third-order valence-electron chi connectivity index (χ3n) is 1.59. The van der Waals surface area contributed by atoms with E-state index in [2.05, 4.69) is 4.98 Å². The summed E-state index contributed by atoms with van der Waals surface area (Å²) in [6, 6.07) is 3.18. The van der Waals surface area contributed by atoms with Crippen molar-refractivity contribution in [2.24, 2.45) is 5.73 Å². The maximum absolute atomic E-state index is 11.0. The van der Waals surface area contributed by atoms with Gasteiger partial charge < -0.3 is 10.8 Å². The van der Waals surface area contributed by atoms with Crippen LogP contribution < -0.4 is 5.73 Å². The molecule has 0 spiro atoms. The molecule has 1 aromatic rings. The Morgan fingerprint density at radius 1 is 1.53 bits per heavy atom. The van der Waals surface area contributed by atoms with Crippen molar-refractivity contribution in [3.05, 3.63) is 23.9 Å². The number of carboxylic acids is 1. The molecule has 0 saturated carbocycles. The number of hydrogen-bond acceptors (Lipinski definition) is 4. The SMILES string of the molecule is NC(=O)c1cccnc1SCCC(=O)O. The van der Waals surface area contributed by atoms with Gasteiger partial charge in [-0.2, -0.15) is 0 Å². The predicted molar refractivity (Wildman–Crippen MR) is 55.7 cm³/mol. The number of rotatable bonds is 5. The summed E-state index contributed by atoms with van der Waals surface area (Å²) in [4.78, 5) is 25.2. The first-order chi connectivity index (χ1) is 7.11. The Bertz CT molecular complexity index is 381. The van der Waals surface area contributed by atoms with Gasteiger partial charge in [-0.15, -0.1) is 11.8 Å². The van der Waals surface area contributed by atoms with Crippen molar-refractivity contribution in [1.29, 1.82) is 0 Å². The summed E-state index contributed by atoms with van der Waals surface area (Å²) in [5.41, 5.74) is 5.46. The molecule has 0 unspecified atom stereocenters. The van der Waals surface area contributed by atoms with Crippen molar-refractivity contribution in [2.75, 3.05) is 5.75 Å². The van der Waals surface area contributed by atoms with Gasteiger partial charge >= 0.3 is 5.97 Å². The van der Waals surface area contributed by atoms with E-state index in [-0.39, 0.29) is 6.42 Å². The summed E-state index contributed by atoms with van der Waals surface area (Å²) in [5, 5.41) is 8.92. The van der Waals surface area contributed by atoms with Crippen LogP contribution in [0, 0.1) is 0 Å². The lowest BCUT2D eigenvalue weighted by molar-refractivity contribution is -0.136. The Kier molecular flexibility index (Phi) is 4.11. The van der Waals surface area contributed by atoms with E-state index in [0.29, 0.717) is 16.3 Å². The van der Waals surface area contributed by atoms with Crippen LogP contribution in [0.2, 0.25) is 0 Å². The fourth-order valence-electron chi connectivity index (χ4n) is 0.928. The molecule has 6 heteroatoms. The molecule has 15 heavy (non-hydrogen) atoms. The lowest BCUT2D eigenvalue weighted by Crippen LogP contribution is -2.13. The van der Waals surface area contributed by atoms with E-state index in [9.17, 15) is 9.59 Å². The molecule has 0 aliphatic heterocycles. The Labute approximate surface area is 90.7 Å². The number of primary amides is 1. The van der Waals surface area contributed by atoms with Crippen LogP contribution in [-0.4, -0.2) is 27.7 Å². The van der Waals surface area contributed by atoms with E-state index in [1.54, 1.807) is 12.1 Å². The highest BCUT2D eigenvalue weighted by Gasteiger charge is 2.09. The molecule has 0 aliphatic rings. The van der Waals surface area contributed by atoms with Gasteiger partial charge in [-0.05, 0) is 12.1 Å². The van der Waals surface area contributed by atoms with Gasteiger partial charge in [0.2, 0.25) is 0 Å². The zero-order chi connectivity index (χ0) is 11.3. The summed E-state index contributed by atoms with van der Waals surface area (Å²) in [7, 11) is 0. The smallest absolute Gasteiger partial charge is 0.304 e. The molecule has 80 valence electrons. The third kappa shape index (κ3) is 3.59. The van der Waals surface area contributed by atoms with Crippen molar-refractivity contribution >= 4 is 23.6 Å². The average Bonchev–Trinajstić information content (AvgIpc) is 2.17. The maximum Gasteiger partial charge on any atom is 0.304 e. The van der Waals surface area contributed by atoms with Gasteiger partial charge in [-0.3, -0.25) is 9.59 Å². The fourth-order valence-corrected chi connectivity index (χ4v) is 1.86. The molecule has 0 fully saturated rings. The van der Waals surface area contributed by atoms with Gasteiger partial charge in [-0.25, -0.2) is 4.98 Å². The first-order valence-corrected chi connectivity index (χ1v) is 5.19. The summed E-state index contributed by atoms with van der Waals surface area (Å²) in [6.45, 7) is 0. The highest BCUT2D eigenvalue weighted by Crippen LogP contribution is 2.19. The standard InChI is InChI=1S/C9H10N2O3S/c10-8(14)6-2-1-4-11-9(6)15-5-3-7(12)13/h1-2,4H,3,5H2,(H2,10,14)(H,12,13). The summed E-state index contributed by atoms with van der Waals surface area (Å²) < 4.78 is 0. The predicted octanol–water partition coefficient (Wildman–Crippen LogP) is 0.747. The van der Waals surface area contributed by atoms with Crippen LogP contribution in [0.4, 0.5) is 0 Å². The molecular weight excluding hydrogens is 216 g/mol. The van der Waals surface area contributed by atoms with Crippen LogP contribution in [-0.2, 0) is 4.79 Å². The minimum atomic E-state index is -0.876. The zero-order valence-corrected chi connectivity index (χ0v) is 8.66. The van der Waals surface area contributed by atoms with Crippen molar-refractivity contribution in [1.82, 2.24) is 4.98 Å². The Hall–Kier alpha value is -1.56. The number of pyridine rings is 1. The van der Waals surface area contributed by atoms with E-state index in [0.717, 1.165) is 0 Å². The number of hydrogen-bond donors (Lipinski definition) is 2. The van der Waals surface area contributed by atoms with E-state index in [1.165, 1.54) is 18.0 Å². The average molecular weight is 226 g/mol. The summed E-state index contributed by atoms with van der Waals surface area (Å²) in [5.74, 6) is -1.06. The number of thioether (sulfide) groups is 1. The molecule has 0 atom stereocenters. The van der Waals surface area contributed by atoms with E-state index < -0.39 is 11.9 Å². The number of carbonyl (C=O) groups is 2. The van der Waals surface area contributed by atoms with Gasteiger partial charge in [0.05, 0.1) is 12.0 Å². The van der Waals surface area contributed by atoms with E-state index in [4.69, 9.17) is 10.8 Å². The molecule has 1 amide bonds. The lowest BCUT2D eigenvalue weighted by Gasteiger charge is -2.03. The van der Waals surface area contributed by atoms with E-state index in [1.807, 2.05) is 0 Å². The number of amides is 1. The molecular formula is C9H10N2O3S. The molecule has 0 bridgehead atoms. The quantitative estimate of drug-likeness (QED) is 0.722. The van der Waals surface area contributed by atoms with Gasteiger partial charge in [0, 0.05) is 11.9 Å². The van der Waals surface area contributed by atoms with Crippen molar-refractivity contribution in [3.8, 4) is 0 Å². The second-order valence-electron chi connectivity index (χ2n) is 2.71. The van der Waals surface area contributed by atoms with Gasteiger partial charge in [0.1, 0.15) is 5.03 Å². The van der Waals surface area contributed by atoms with Crippen molar-refractivity contribution in [3.63, 3.8) is 0 Å². The number of aliphatic carboxylic acids is 1. The number of aromatic nitrogens is 1. The topological polar surface area (TPSA) is 93.3 Å². The fraction of sp³-hybridized carbons (Fsp3) is 0.222. The van der Waals surface area contributed by atoms with Crippen LogP contribution in [0.5, 0.6) is 0 Å². The minimum Gasteiger partial charge on any atom is -0.481 e. The second kappa shape index (κ2) is 5.35. The number of carboxylic acid groups (broad SMARTS) is 1. The molecule has 1 aromatic heterocycles. The highest BCUT2D eigenvalue weighted by molar-refractivity contribution is 7.99. The van der Waals surface area contributed by atoms with Crippen LogP contribution in [0.3, 0.4) is 0 Å². The Morgan fingerprint density at radius 3 is 2.87 bits per heavy atom. The van der Waals surface area contributed by atoms with Crippen LogP contribution in [0.15, 0.2) is 23.4 Å². The first kappa shape index (κ1) is 11.5. The van der Waals surface area contributed by atoms with Crippen molar-refractivity contribution < 1.29 is 14.7 Å². The van der Waals surface area contributed by atoms with Crippen LogP contribution in [0.25, 0.3) is 0 Å². The van der Waals surface area contributed by atoms with Gasteiger partial charge in [-0.1, -0.05) is 0 Å². The molecule has 5 nitrogen and oxygen atoms in total. The maximum atomic E-state index is 11.0. The Balaban J connectivity index is 2.67. The Morgan fingerprint density at radius 2 is 2.27 bits per heavy atom. The molecule has 1 rings (SSSR count). The number of nitrogens with two attached hydrogens (primary N) is 1. The summed E-state index contributed by atoms with van der Waals surface area (Å²) in [6.07, 6.45) is 1.56. The van der Waals surface area contributed by atoms with Crippen LogP contribution >= 0.6 is 11.8 Å². The molecule has 3 N–H and O–H groups in total. The normalized spacial score (nSPS) is 9.87. The molecule has 1 heterocycles. The largest absolute Gasteiger partial charge is 0.481 e. The van der Waals surface area contributed by atoms with Gasteiger partial charge in [0.15, 0.2) is 0 Å². The van der Waals surface area contributed by atoms with Crippen molar-refractivity contribution in [2.45, 2.75) is 11.4 Å². The third-order valence-corrected chi connectivity index (χ3v) is 2.60. The minimum absolute atomic E-state index is 0.0272. The second-order valence-corrected chi connectivity index (χ2v) is 3.80. The number of carbonyl (C=O) groups excluding carboxylic acids is 1. The lowest BCUT2D eigenvalue weighted by atomic mass is 10.3. The number of nitrogens with zero attached hydrogens (tertiary/aromatic N) is 1. The molecule has 0 saturated heterocycles.